The molecule has 1 aliphatic heterocycles. The smallest absolute Gasteiger partial charge is 0.410 e. The monoisotopic (exact) mass is 459 g/mol. The van der Waals surface area contributed by atoms with E-state index >= 15 is 0 Å². The van der Waals surface area contributed by atoms with Crippen LogP contribution in [0.3, 0.4) is 0 Å². The van der Waals surface area contributed by atoms with Crippen LogP contribution in [0.2, 0.25) is 0 Å². The van der Waals surface area contributed by atoms with E-state index in [-0.39, 0.29) is 13.1 Å². The average molecular weight is 460 g/mol. The Balaban J connectivity index is 1.92. The van der Waals surface area contributed by atoms with E-state index in [2.05, 4.69) is 27.3 Å². The summed E-state index contributed by atoms with van der Waals surface area (Å²) in [6.45, 7) is 5.74. The van der Waals surface area contributed by atoms with Crippen LogP contribution >= 0.6 is 15.9 Å². The van der Waals surface area contributed by atoms with E-state index in [0.717, 1.165) is 9.86 Å². The Morgan fingerprint density at radius 2 is 1.93 bits per heavy atom. The molecule has 0 bridgehead atoms. The highest BCUT2D eigenvalue weighted by atomic mass is 79.9. The Morgan fingerprint density at radius 3 is 2.52 bits per heavy atom. The highest BCUT2D eigenvalue weighted by Crippen LogP contribution is 2.36. The molecule has 0 radical (unpaired) electrons. The molecule has 1 saturated heterocycles. The summed E-state index contributed by atoms with van der Waals surface area (Å²) in [4.78, 5) is 26.0. The number of nitriles is 1. The summed E-state index contributed by atoms with van der Waals surface area (Å²) in [5, 5.41) is 14.5. The average Bonchev–Trinajstić information content (AvgIpc) is 2.63. The second-order valence-electron chi connectivity index (χ2n) is 7.97. The normalized spacial score (nSPS) is 15.2. The molecule has 1 aliphatic rings. The van der Waals surface area contributed by atoms with Gasteiger partial charge < -0.3 is 19.7 Å². The topological polar surface area (TPSA) is 91.7 Å². The number of esters is 1. The first kappa shape index (κ1) is 20.9. The first-order chi connectivity index (χ1) is 13.6. The van der Waals surface area contributed by atoms with Crippen LogP contribution in [0, 0.1) is 11.3 Å². The van der Waals surface area contributed by atoms with Crippen molar-refractivity contribution in [2.75, 3.05) is 25.5 Å². The lowest BCUT2D eigenvalue weighted by Crippen LogP contribution is -2.67. The van der Waals surface area contributed by atoms with Gasteiger partial charge in [0.2, 0.25) is 0 Å². The predicted octanol–water partition coefficient (Wildman–Crippen LogP) is 4.31. The third-order valence-corrected chi connectivity index (χ3v) is 5.25. The molecule has 0 atom stereocenters. The van der Waals surface area contributed by atoms with Crippen LogP contribution in [-0.4, -0.2) is 48.3 Å². The van der Waals surface area contributed by atoms with Crippen molar-refractivity contribution in [2.45, 2.75) is 31.9 Å². The number of amides is 1. The minimum atomic E-state index is -0.971. The lowest BCUT2D eigenvalue weighted by atomic mass is 9.90. The van der Waals surface area contributed by atoms with Crippen molar-refractivity contribution in [2.24, 2.45) is 0 Å². The fraction of sp³-hybridized carbons (Fsp3) is 0.381. The lowest BCUT2D eigenvalue weighted by Gasteiger charge is -2.46. The number of anilines is 1. The van der Waals surface area contributed by atoms with Gasteiger partial charge in [-0.05, 0) is 44.4 Å². The summed E-state index contributed by atoms with van der Waals surface area (Å²) in [6, 6.07) is 11.2. The third kappa shape index (κ3) is 4.15. The molecular formula is C21H22BrN3O4. The molecule has 1 amide bonds. The summed E-state index contributed by atoms with van der Waals surface area (Å²) >= 11 is 3.51. The van der Waals surface area contributed by atoms with E-state index < -0.39 is 23.2 Å². The number of nitrogens with zero attached hydrogens (tertiary/aromatic N) is 2. The second kappa shape index (κ2) is 7.56. The van der Waals surface area contributed by atoms with Crippen LogP contribution < -0.4 is 5.32 Å². The van der Waals surface area contributed by atoms with Crippen LogP contribution in [0.5, 0.6) is 0 Å². The van der Waals surface area contributed by atoms with Gasteiger partial charge in [-0.3, -0.25) is 0 Å². The standard InChI is InChI=1S/C21H22BrN3O4/c1-20(2,3)29-19(27)25-11-21(10-23,12-25)24-16-9-8-15(22)13-6-5-7-14(17(13)16)18(26)28-4/h5-9,24H,11-12H2,1-4H3. The van der Waals surface area contributed by atoms with Gasteiger partial charge in [-0.2, -0.15) is 5.26 Å². The highest BCUT2D eigenvalue weighted by Gasteiger charge is 2.47. The van der Waals surface area contributed by atoms with Gasteiger partial charge in [0.25, 0.3) is 0 Å². The van der Waals surface area contributed by atoms with E-state index in [0.29, 0.717) is 16.6 Å². The predicted molar refractivity (Wildman–Crippen MR) is 113 cm³/mol. The van der Waals surface area contributed by atoms with Crippen molar-refractivity contribution >= 4 is 44.5 Å². The zero-order valence-electron chi connectivity index (χ0n) is 16.7. The first-order valence-corrected chi connectivity index (χ1v) is 9.85. The number of carbonyl (C=O) groups is 2. The summed E-state index contributed by atoms with van der Waals surface area (Å²) in [7, 11) is 1.33. The van der Waals surface area contributed by atoms with Gasteiger partial charge >= 0.3 is 12.1 Å². The minimum absolute atomic E-state index is 0.177. The Bertz CT molecular complexity index is 1020. The zero-order chi connectivity index (χ0) is 21.4. The Hall–Kier alpha value is -2.79. The first-order valence-electron chi connectivity index (χ1n) is 9.06. The molecule has 0 saturated carbocycles. The number of nitrogens with one attached hydrogen (secondary N) is 1. The molecule has 0 aliphatic carbocycles. The van der Waals surface area contributed by atoms with Gasteiger partial charge in [0, 0.05) is 15.5 Å². The molecule has 3 rings (SSSR count). The molecule has 8 heteroatoms. The summed E-state index contributed by atoms with van der Waals surface area (Å²) in [5.41, 5.74) is -0.562. The summed E-state index contributed by atoms with van der Waals surface area (Å²) in [5.74, 6) is -0.466. The van der Waals surface area contributed by atoms with Crippen molar-refractivity contribution in [1.82, 2.24) is 4.90 Å². The van der Waals surface area contributed by atoms with Crippen LogP contribution in [-0.2, 0) is 9.47 Å². The Labute approximate surface area is 177 Å². The molecule has 29 heavy (non-hydrogen) atoms. The lowest BCUT2D eigenvalue weighted by molar-refractivity contribution is 0.00357. The van der Waals surface area contributed by atoms with Crippen LogP contribution in [0.1, 0.15) is 31.1 Å². The van der Waals surface area contributed by atoms with Crippen LogP contribution in [0.25, 0.3) is 10.8 Å². The van der Waals surface area contributed by atoms with E-state index in [1.807, 2.05) is 12.1 Å². The molecule has 1 fully saturated rings. The Kier molecular flexibility index (Phi) is 5.46. The molecular weight excluding hydrogens is 438 g/mol. The zero-order valence-corrected chi connectivity index (χ0v) is 18.3. The number of likely N-dealkylation sites (tertiary alicyclic amines) is 1. The maximum Gasteiger partial charge on any atom is 0.410 e. The Morgan fingerprint density at radius 1 is 1.24 bits per heavy atom. The number of hydrogen-bond acceptors (Lipinski definition) is 6. The summed E-state index contributed by atoms with van der Waals surface area (Å²) in [6.07, 6.45) is -0.457. The number of methoxy groups -OCH3 is 1. The molecule has 1 N–H and O–H groups in total. The fourth-order valence-corrected chi connectivity index (χ4v) is 3.71. The molecule has 0 unspecified atom stereocenters. The van der Waals surface area contributed by atoms with Crippen molar-refractivity contribution < 1.29 is 19.1 Å². The van der Waals surface area contributed by atoms with Crippen molar-refractivity contribution in [3.05, 3.63) is 40.4 Å². The van der Waals surface area contributed by atoms with E-state index in [9.17, 15) is 14.9 Å². The number of ether oxygens (including phenoxy) is 2. The number of benzene rings is 2. The van der Waals surface area contributed by atoms with Gasteiger partial charge in [0.15, 0.2) is 5.54 Å². The van der Waals surface area contributed by atoms with Crippen LogP contribution in [0.15, 0.2) is 34.8 Å². The fourth-order valence-electron chi connectivity index (χ4n) is 3.25. The largest absolute Gasteiger partial charge is 0.465 e. The number of hydrogen-bond donors (Lipinski definition) is 1. The third-order valence-electron chi connectivity index (χ3n) is 4.55. The van der Waals surface area contributed by atoms with Crippen molar-refractivity contribution in [3.8, 4) is 6.07 Å². The van der Waals surface area contributed by atoms with Crippen molar-refractivity contribution in [3.63, 3.8) is 0 Å². The highest BCUT2D eigenvalue weighted by molar-refractivity contribution is 9.10. The van der Waals surface area contributed by atoms with Gasteiger partial charge in [0.05, 0.1) is 31.8 Å². The van der Waals surface area contributed by atoms with E-state index in [1.165, 1.54) is 12.0 Å². The minimum Gasteiger partial charge on any atom is -0.465 e. The van der Waals surface area contributed by atoms with Crippen LogP contribution in [0.4, 0.5) is 10.5 Å². The van der Waals surface area contributed by atoms with Gasteiger partial charge in [-0.15, -0.1) is 0 Å². The number of fused-ring (bicyclic) bond motifs is 1. The molecule has 2 aromatic rings. The second-order valence-corrected chi connectivity index (χ2v) is 8.82. The molecule has 0 aromatic heterocycles. The molecule has 2 aromatic carbocycles. The maximum atomic E-state index is 12.3. The van der Waals surface area contributed by atoms with E-state index in [4.69, 9.17) is 9.47 Å². The van der Waals surface area contributed by atoms with Gasteiger partial charge in [0.1, 0.15) is 5.60 Å². The number of rotatable bonds is 3. The van der Waals surface area contributed by atoms with Gasteiger partial charge in [-0.25, -0.2) is 9.59 Å². The van der Waals surface area contributed by atoms with E-state index in [1.54, 1.807) is 39.0 Å². The number of halogens is 1. The molecule has 1 heterocycles. The molecule has 152 valence electrons. The molecule has 7 nitrogen and oxygen atoms in total. The van der Waals surface area contributed by atoms with Gasteiger partial charge in [-0.1, -0.05) is 28.1 Å². The summed E-state index contributed by atoms with van der Waals surface area (Å²) < 4.78 is 11.1. The number of carbonyl (C=O) groups excluding carboxylic acids is 2. The quantitative estimate of drug-likeness (QED) is 0.687. The van der Waals surface area contributed by atoms with Crippen molar-refractivity contribution in [1.29, 1.82) is 5.26 Å². The molecule has 0 spiro atoms. The maximum absolute atomic E-state index is 12.3. The SMILES string of the molecule is COC(=O)c1cccc2c(Br)ccc(NC3(C#N)CN(C(=O)OC(C)(C)C)C3)c12.